The van der Waals surface area contributed by atoms with Gasteiger partial charge < -0.3 is 14.4 Å². The van der Waals surface area contributed by atoms with Gasteiger partial charge in [0, 0.05) is 69.2 Å². The summed E-state index contributed by atoms with van der Waals surface area (Å²) >= 11 is 0. The maximum absolute atomic E-state index is 13.6. The van der Waals surface area contributed by atoms with Crippen LogP contribution in [0.15, 0.2) is 30.3 Å². The lowest BCUT2D eigenvalue weighted by molar-refractivity contribution is 0.0490. The highest BCUT2D eigenvalue weighted by molar-refractivity contribution is 5.95. The molecule has 1 amide bonds. The molecule has 2 unspecified atom stereocenters. The molecule has 3 aliphatic heterocycles. The maximum Gasteiger partial charge on any atom is 0.254 e. The van der Waals surface area contributed by atoms with Crippen LogP contribution >= 0.6 is 0 Å². The van der Waals surface area contributed by atoms with Crippen LogP contribution in [-0.2, 0) is 11.3 Å². The Labute approximate surface area is 216 Å². The van der Waals surface area contributed by atoms with Crippen LogP contribution in [0.4, 0.5) is 0 Å². The van der Waals surface area contributed by atoms with E-state index >= 15 is 0 Å². The Morgan fingerprint density at radius 1 is 1.03 bits per heavy atom. The highest BCUT2D eigenvalue weighted by Gasteiger charge is 2.42. The van der Waals surface area contributed by atoms with E-state index in [1.54, 1.807) is 0 Å². The third kappa shape index (κ3) is 4.94. The van der Waals surface area contributed by atoms with Crippen molar-refractivity contribution in [3.05, 3.63) is 47.2 Å². The smallest absolute Gasteiger partial charge is 0.254 e. The highest BCUT2D eigenvalue weighted by Crippen LogP contribution is 2.40. The van der Waals surface area contributed by atoms with Crippen LogP contribution in [0.3, 0.4) is 0 Å². The molecule has 2 aromatic heterocycles. The number of carbonyl (C=O) groups excluding carboxylic acids is 1. The van der Waals surface area contributed by atoms with Gasteiger partial charge in [0.15, 0.2) is 0 Å². The molecule has 3 aromatic rings. The number of benzene rings is 1. The molecular weight excluding hydrogens is 468 g/mol. The van der Waals surface area contributed by atoms with Gasteiger partial charge in [0.1, 0.15) is 5.52 Å². The first-order valence-electron chi connectivity index (χ1n) is 13.7. The van der Waals surface area contributed by atoms with Crippen LogP contribution in [0.1, 0.15) is 53.2 Å². The number of likely N-dealkylation sites (tertiary alicyclic amines) is 2. The van der Waals surface area contributed by atoms with E-state index in [4.69, 9.17) is 14.5 Å². The zero-order chi connectivity index (χ0) is 24.8. The predicted molar refractivity (Wildman–Crippen MR) is 137 cm³/mol. The number of amides is 1. The Morgan fingerprint density at radius 2 is 1.84 bits per heavy atom. The van der Waals surface area contributed by atoms with Crippen LogP contribution in [0.2, 0.25) is 0 Å². The summed E-state index contributed by atoms with van der Waals surface area (Å²) in [6, 6.07) is 10.2. The molecule has 194 valence electrons. The van der Waals surface area contributed by atoms with Gasteiger partial charge in [0.05, 0.1) is 12.1 Å². The zero-order valence-electron chi connectivity index (χ0n) is 21.1. The number of fused-ring (bicyclic) bond motifs is 2. The van der Waals surface area contributed by atoms with Crippen LogP contribution < -0.4 is 4.74 Å². The first kappa shape index (κ1) is 23.1. The van der Waals surface area contributed by atoms with Gasteiger partial charge in [0.25, 0.3) is 5.91 Å². The van der Waals surface area contributed by atoms with Gasteiger partial charge in [-0.25, -0.2) is 4.98 Å². The van der Waals surface area contributed by atoms with Crippen molar-refractivity contribution < 1.29 is 14.3 Å². The van der Waals surface area contributed by atoms with E-state index in [2.05, 4.69) is 37.3 Å². The molecule has 4 fully saturated rings. The van der Waals surface area contributed by atoms with E-state index in [0.29, 0.717) is 36.2 Å². The van der Waals surface area contributed by atoms with Crippen molar-refractivity contribution in [2.75, 3.05) is 46.0 Å². The summed E-state index contributed by atoms with van der Waals surface area (Å²) in [4.78, 5) is 22.9. The van der Waals surface area contributed by atoms with Gasteiger partial charge in [0.2, 0.25) is 5.88 Å². The number of hydrogen-bond acceptors (Lipinski definition) is 7. The maximum atomic E-state index is 13.6. The second kappa shape index (κ2) is 9.68. The Kier molecular flexibility index (Phi) is 6.05. The third-order valence-electron chi connectivity index (χ3n) is 8.52. The van der Waals surface area contributed by atoms with Gasteiger partial charge in [-0.1, -0.05) is 11.3 Å². The Balaban J connectivity index is 0.990. The zero-order valence-corrected chi connectivity index (χ0v) is 21.1. The number of rotatable bonds is 7. The first-order chi connectivity index (χ1) is 18.2. The number of aromatic amines is 1. The number of aromatic nitrogens is 4. The van der Waals surface area contributed by atoms with Crippen LogP contribution in [-0.4, -0.2) is 82.1 Å². The number of pyridine rings is 1. The summed E-state index contributed by atoms with van der Waals surface area (Å²) in [5.41, 5.74) is 4.88. The van der Waals surface area contributed by atoms with Crippen LogP contribution in [0.25, 0.3) is 11.0 Å². The van der Waals surface area contributed by atoms with Crippen molar-refractivity contribution in [2.24, 2.45) is 17.8 Å². The molecule has 9 heteroatoms. The number of carbonyl (C=O) groups is 1. The molecule has 2 atom stereocenters. The van der Waals surface area contributed by atoms with Crippen molar-refractivity contribution in [2.45, 2.75) is 38.1 Å². The quantitative estimate of drug-likeness (QED) is 0.530. The summed E-state index contributed by atoms with van der Waals surface area (Å²) in [5.74, 6) is 2.74. The fourth-order valence-corrected chi connectivity index (χ4v) is 6.24. The first-order valence-corrected chi connectivity index (χ1v) is 13.7. The lowest BCUT2D eigenvalue weighted by Crippen LogP contribution is -2.33. The molecular formula is C28H34N6O3. The van der Waals surface area contributed by atoms with Gasteiger partial charge in [-0.15, -0.1) is 5.10 Å². The van der Waals surface area contributed by atoms with Gasteiger partial charge in [-0.3, -0.25) is 14.8 Å². The number of hydrogen-bond donors (Lipinski definition) is 1. The number of ether oxygens (including phenoxy) is 2. The highest BCUT2D eigenvalue weighted by atomic mass is 16.5. The van der Waals surface area contributed by atoms with E-state index in [1.807, 2.05) is 18.2 Å². The standard InChI is InChI=1S/C28H34N6O3/c35-28(21-10-25(20-2-3-20)29-27(11-21)37-17-18-5-7-36-8-6-18)34-15-22-13-33(14-23(22)16-34)12-19-1-4-24-26(9-19)31-32-30-24/h1,4,9-11,18,20,22-23H,2-3,5-8,12-17H2,(H,30,31,32). The molecule has 3 saturated heterocycles. The second-order valence-corrected chi connectivity index (χ2v) is 11.3. The molecule has 1 aromatic carbocycles. The Morgan fingerprint density at radius 3 is 2.62 bits per heavy atom. The normalized spacial score (nSPS) is 24.6. The molecule has 0 spiro atoms. The molecule has 7 rings (SSSR count). The largest absolute Gasteiger partial charge is 0.477 e. The van der Waals surface area contributed by atoms with Gasteiger partial charge in [-0.2, -0.15) is 0 Å². The van der Waals surface area contributed by atoms with Crippen molar-refractivity contribution in [3.63, 3.8) is 0 Å². The Bertz CT molecular complexity index is 1270. The summed E-state index contributed by atoms with van der Waals surface area (Å²) < 4.78 is 11.6. The Hall–Kier alpha value is -3.04. The predicted octanol–water partition coefficient (Wildman–Crippen LogP) is 3.24. The minimum absolute atomic E-state index is 0.123. The topological polar surface area (TPSA) is 96.5 Å². The minimum Gasteiger partial charge on any atom is -0.477 e. The van der Waals surface area contributed by atoms with E-state index < -0.39 is 0 Å². The lowest BCUT2D eigenvalue weighted by Gasteiger charge is -2.23. The molecule has 0 bridgehead atoms. The van der Waals surface area contributed by atoms with Crippen molar-refractivity contribution in [3.8, 4) is 5.88 Å². The van der Waals surface area contributed by atoms with Crippen LogP contribution in [0, 0.1) is 17.8 Å². The molecule has 5 heterocycles. The van der Waals surface area contributed by atoms with E-state index in [9.17, 15) is 4.79 Å². The minimum atomic E-state index is 0.123. The number of H-pyrrole nitrogens is 1. The molecule has 1 saturated carbocycles. The van der Waals surface area contributed by atoms with Crippen LogP contribution in [0.5, 0.6) is 5.88 Å². The fourth-order valence-electron chi connectivity index (χ4n) is 6.24. The fraction of sp³-hybridized carbons (Fsp3) is 0.571. The van der Waals surface area contributed by atoms with Gasteiger partial charge in [-0.05, 0) is 67.2 Å². The van der Waals surface area contributed by atoms with E-state index in [-0.39, 0.29) is 5.91 Å². The molecule has 4 aliphatic rings. The number of nitrogens with one attached hydrogen (secondary N) is 1. The molecule has 37 heavy (non-hydrogen) atoms. The summed E-state index contributed by atoms with van der Waals surface area (Å²) in [6.45, 7) is 6.85. The van der Waals surface area contributed by atoms with Gasteiger partial charge >= 0.3 is 0 Å². The average Bonchev–Trinajstić information content (AvgIpc) is 3.37. The van der Waals surface area contributed by atoms with Crippen molar-refractivity contribution in [1.29, 1.82) is 0 Å². The molecule has 1 aliphatic carbocycles. The third-order valence-corrected chi connectivity index (χ3v) is 8.52. The number of nitrogens with zero attached hydrogens (tertiary/aromatic N) is 5. The van der Waals surface area contributed by atoms with Crippen molar-refractivity contribution in [1.82, 2.24) is 30.2 Å². The average molecular weight is 503 g/mol. The monoisotopic (exact) mass is 502 g/mol. The SMILES string of the molecule is O=C(c1cc(OCC2CCOCC2)nc(C2CC2)c1)N1CC2CN(Cc3ccc4[nH]nnc4c3)CC2C1. The summed E-state index contributed by atoms with van der Waals surface area (Å²) in [7, 11) is 0. The summed E-state index contributed by atoms with van der Waals surface area (Å²) in [6.07, 6.45) is 4.35. The molecule has 9 nitrogen and oxygen atoms in total. The van der Waals surface area contributed by atoms with E-state index in [1.165, 1.54) is 5.56 Å². The second-order valence-electron chi connectivity index (χ2n) is 11.3. The van der Waals surface area contributed by atoms with E-state index in [0.717, 1.165) is 93.9 Å². The lowest BCUT2D eigenvalue weighted by atomic mass is 10.0. The molecule has 1 N–H and O–H groups in total. The van der Waals surface area contributed by atoms with Crippen molar-refractivity contribution >= 4 is 16.9 Å². The summed E-state index contributed by atoms with van der Waals surface area (Å²) in [5, 5.41) is 10.9. The molecule has 0 radical (unpaired) electrons.